The standard InChI is InChI=1S/C17H18N2O/c1-19(17(20)7-4-11-18)12-10-14-8-9-15-5-2-3-6-16(15)13-14/h2-3,5-6,8-9,13H,4,7,10,12H2,1H3. The number of likely N-dealkylation sites (N-methyl/N-ethyl adjacent to an activating group) is 1. The number of amides is 1. The second-order valence-corrected chi connectivity index (χ2v) is 4.90. The Morgan fingerprint density at radius 3 is 2.70 bits per heavy atom. The maximum atomic E-state index is 11.7. The molecular weight excluding hydrogens is 248 g/mol. The molecule has 3 heteroatoms. The van der Waals surface area contributed by atoms with Crippen LogP contribution >= 0.6 is 0 Å². The summed E-state index contributed by atoms with van der Waals surface area (Å²) in [5.74, 6) is 0.0346. The molecule has 20 heavy (non-hydrogen) atoms. The second-order valence-electron chi connectivity index (χ2n) is 4.90. The number of nitrogens with zero attached hydrogens (tertiary/aromatic N) is 2. The van der Waals surface area contributed by atoms with Crippen molar-refractivity contribution >= 4 is 16.7 Å². The van der Waals surface area contributed by atoms with Crippen LogP contribution in [0.2, 0.25) is 0 Å². The van der Waals surface area contributed by atoms with Crippen LogP contribution in [0.5, 0.6) is 0 Å². The van der Waals surface area contributed by atoms with Crippen molar-refractivity contribution in [3.63, 3.8) is 0 Å². The summed E-state index contributed by atoms with van der Waals surface area (Å²) < 4.78 is 0. The summed E-state index contributed by atoms with van der Waals surface area (Å²) in [6.07, 6.45) is 1.43. The van der Waals surface area contributed by atoms with Gasteiger partial charge in [-0.15, -0.1) is 0 Å². The van der Waals surface area contributed by atoms with Gasteiger partial charge in [0, 0.05) is 26.4 Å². The minimum atomic E-state index is 0.0346. The van der Waals surface area contributed by atoms with Gasteiger partial charge in [0.15, 0.2) is 0 Å². The Morgan fingerprint density at radius 1 is 1.20 bits per heavy atom. The number of rotatable bonds is 5. The lowest BCUT2D eigenvalue weighted by Crippen LogP contribution is -2.28. The van der Waals surface area contributed by atoms with Crippen molar-refractivity contribution in [2.24, 2.45) is 0 Å². The van der Waals surface area contributed by atoms with E-state index in [2.05, 4.69) is 30.3 Å². The van der Waals surface area contributed by atoms with Crippen LogP contribution in [0.1, 0.15) is 18.4 Å². The van der Waals surface area contributed by atoms with Crippen molar-refractivity contribution in [3.05, 3.63) is 48.0 Å². The summed E-state index contributed by atoms with van der Waals surface area (Å²) >= 11 is 0. The second kappa shape index (κ2) is 6.72. The summed E-state index contributed by atoms with van der Waals surface area (Å²) in [5.41, 5.74) is 1.23. The Hall–Kier alpha value is -2.34. The SMILES string of the molecule is CN(CCc1ccc2ccccc2c1)C(=O)CCC#N. The molecule has 0 N–H and O–H groups in total. The number of hydrogen-bond donors (Lipinski definition) is 0. The molecule has 0 bridgehead atoms. The maximum absolute atomic E-state index is 11.7. The fourth-order valence-corrected chi connectivity index (χ4v) is 2.17. The maximum Gasteiger partial charge on any atom is 0.223 e. The highest BCUT2D eigenvalue weighted by Gasteiger charge is 2.08. The zero-order chi connectivity index (χ0) is 14.4. The normalized spacial score (nSPS) is 10.2. The largest absolute Gasteiger partial charge is 0.345 e. The fraction of sp³-hybridized carbons (Fsp3) is 0.294. The number of benzene rings is 2. The van der Waals surface area contributed by atoms with Gasteiger partial charge < -0.3 is 4.90 Å². The molecule has 0 aliphatic carbocycles. The van der Waals surface area contributed by atoms with Gasteiger partial charge in [-0.3, -0.25) is 4.79 Å². The first-order chi connectivity index (χ1) is 9.70. The number of carbonyl (C=O) groups excluding carboxylic acids is 1. The Morgan fingerprint density at radius 2 is 1.95 bits per heavy atom. The van der Waals surface area contributed by atoms with E-state index in [4.69, 9.17) is 5.26 Å². The molecule has 0 radical (unpaired) electrons. The highest BCUT2D eigenvalue weighted by molar-refractivity contribution is 5.83. The van der Waals surface area contributed by atoms with Crippen molar-refractivity contribution in [2.75, 3.05) is 13.6 Å². The molecule has 2 rings (SSSR count). The lowest BCUT2D eigenvalue weighted by Gasteiger charge is -2.16. The fourth-order valence-electron chi connectivity index (χ4n) is 2.17. The number of fused-ring (bicyclic) bond motifs is 1. The molecule has 102 valence electrons. The van der Waals surface area contributed by atoms with E-state index >= 15 is 0 Å². The molecule has 0 heterocycles. The van der Waals surface area contributed by atoms with E-state index in [9.17, 15) is 4.79 Å². The van der Waals surface area contributed by atoms with Gasteiger partial charge in [-0.05, 0) is 22.8 Å². The van der Waals surface area contributed by atoms with Crippen molar-refractivity contribution in [2.45, 2.75) is 19.3 Å². The minimum absolute atomic E-state index is 0.0346. The van der Waals surface area contributed by atoms with Crippen molar-refractivity contribution in [3.8, 4) is 6.07 Å². The lowest BCUT2D eigenvalue weighted by atomic mass is 10.1. The molecule has 0 spiro atoms. The number of carbonyl (C=O) groups is 1. The monoisotopic (exact) mass is 266 g/mol. The average molecular weight is 266 g/mol. The Kier molecular flexibility index (Phi) is 4.73. The predicted octanol–water partition coefficient (Wildman–Crippen LogP) is 3.14. The number of hydrogen-bond acceptors (Lipinski definition) is 2. The van der Waals surface area contributed by atoms with Gasteiger partial charge in [-0.25, -0.2) is 0 Å². The first-order valence-electron chi connectivity index (χ1n) is 6.79. The number of nitriles is 1. The average Bonchev–Trinajstić information content (AvgIpc) is 2.50. The van der Waals surface area contributed by atoms with Crippen LogP contribution in [0.4, 0.5) is 0 Å². The zero-order valence-corrected chi connectivity index (χ0v) is 11.7. The van der Waals surface area contributed by atoms with Crippen LogP contribution in [0, 0.1) is 11.3 Å². The van der Waals surface area contributed by atoms with Crippen LogP contribution in [0.3, 0.4) is 0 Å². The topological polar surface area (TPSA) is 44.1 Å². The molecule has 1 amide bonds. The summed E-state index contributed by atoms with van der Waals surface area (Å²) in [7, 11) is 1.79. The zero-order valence-electron chi connectivity index (χ0n) is 11.7. The quantitative estimate of drug-likeness (QED) is 0.834. The molecule has 0 atom stereocenters. The predicted molar refractivity (Wildman–Crippen MR) is 80.1 cm³/mol. The van der Waals surface area contributed by atoms with Crippen LogP contribution in [0.15, 0.2) is 42.5 Å². The molecule has 3 nitrogen and oxygen atoms in total. The summed E-state index contributed by atoms with van der Waals surface area (Å²) in [6, 6.07) is 16.6. The molecule has 0 unspecified atom stereocenters. The van der Waals surface area contributed by atoms with Gasteiger partial charge in [-0.1, -0.05) is 42.5 Å². The minimum Gasteiger partial charge on any atom is -0.345 e. The first-order valence-corrected chi connectivity index (χ1v) is 6.79. The molecule has 0 fully saturated rings. The lowest BCUT2D eigenvalue weighted by molar-refractivity contribution is -0.129. The van der Waals surface area contributed by atoms with Crippen LogP contribution < -0.4 is 0 Å². The Labute approximate surface area is 119 Å². The van der Waals surface area contributed by atoms with Crippen molar-refractivity contribution < 1.29 is 4.79 Å². The third-order valence-electron chi connectivity index (χ3n) is 3.43. The molecule has 0 aromatic heterocycles. The van der Waals surface area contributed by atoms with Gasteiger partial charge in [0.1, 0.15) is 0 Å². The molecule has 0 aliphatic rings. The highest BCUT2D eigenvalue weighted by Crippen LogP contribution is 2.16. The van der Waals surface area contributed by atoms with E-state index in [0.29, 0.717) is 19.4 Å². The van der Waals surface area contributed by atoms with Crippen molar-refractivity contribution in [1.82, 2.24) is 4.90 Å². The van der Waals surface area contributed by atoms with E-state index in [1.54, 1.807) is 11.9 Å². The molecule has 2 aromatic rings. The summed E-state index contributed by atoms with van der Waals surface area (Å²) in [6.45, 7) is 0.683. The van der Waals surface area contributed by atoms with Crippen LogP contribution in [-0.4, -0.2) is 24.4 Å². The van der Waals surface area contributed by atoms with Crippen molar-refractivity contribution in [1.29, 1.82) is 5.26 Å². The van der Waals surface area contributed by atoms with Crippen LogP contribution in [-0.2, 0) is 11.2 Å². The highest BCUT2D eigenvalue weighted by atomic mass is 16.2. The van der Waals surface area contributed by atoms with E-state index in [1.807, 2.05) is 18.2 Å². The summed E-state index contributed by atoms with van der Waals surface area (Å²) in [5, 5.41) is 10.9. The third-order valence-corrected chi connectivity index (χ3v) is 3.43. The van der Waals surface area contributed by atoms with E-state index in [-0.39, 0.29) is 5.91 Å². The van der Waals surface area contributed by atoms with Gasteiger partial charge in [-0.2, -0.15) is 5.26 Å². The van der Waals surface area contributed by atoms with Gasteiger partial charge in [0.25, 0.3) is 0 Å². The molecule has 0 aliphatic heterocycles. The Balaban J connectivity index is 1.95. The molecular formula is C17H18N2O. The third kappa shape index (κ3) is 3.58. The van der Waals surface area contributed by atoms with Crippen LogP contribution in [0.25, 0.3) is 10.8 Å². The van der Waals surface area contributed by atoms with E-state index in [0.717, 1.165) is 6.42 Å². The molecule has 2 aromatic carbocycles. The van der Waals surface area contributed by atoms with E-state index in [1.165, 1.54) is 16.3 Å². The molecule has 0 saturated heterocycles. The smallest absolute Gasteiger partial charge is 0.223 e. The Bertz CT molecular complexity index is 643. The van der Waals surface area contributed by atoms with Gasteiger partial charge >= 0.3 is 0 Å². The van der Waals surface area contributed by atoms with Gasteiger partial charge in [0.05, 0.1) is 6.07 Å². The van der Waals surface area contributed by atoms with Gasteiger partial charge in [0.2, 0.25) is 5.91 Å². The first kappa shape index (κ1) is 14.1. The summed E-state index contributed by atoms with van der Waals surface area (Å²) in [4.78, 5) is 13.4. The molecule has 0 saturated carbocycles. The van der Waals surface area contributed by atoms with E-state index < -0.39 is 0 Å².